The number of hydrazone groups is 1. The maximum absolute atomic E-state index is 6.60. The van der Waals surface area contributed by atoms with Crippen LogP contribution in [-0.2, 0) is 0 Å². The Kier molecular flexibility index (Phi) is 4.47. The number of rotatable bonds is 3. The molecule has 4 nitrogen and oxygen atoms in total. The van der Waals surface area contributed by atoms with E-state index in [2.05, 4.69) is 17.1 Å². The third-order valence-electron chi connectivity index (χ3n) is 6.09. The summed E-state index contributed by atoms with van der Waals surface area (Å²) < 4.78 is 12.2. The summed E-state index contributed by atoms with van der Waals surface area (Å²) >= 11 is 6.32. The molecule has 0 saturated heterocycles. The van der Waals surface area contributed by atoms with Crippen molar-refractivity contribution in [3.8, 4) is 11.5 Å². The largest absolute Gasteiger partial charge is 0.494 e. The molecule has 146 valence electrons. The first-order valence-electron chi connectivity index (χ1n) is 10.3. The summed E-state index contributed by atoms with van der Waals surface area (Å²) in [5.41, 5.74) is 3.08. The van der Waals surface area contributed by atoms with Crippen LogP contribution in [0.3, 0.4) is 0 Å². The van der Waals surface area contributed by atoms with E-state index >= 15 is 0 Å². The van der Waals surface area contributed by atoms with Gasteiger partial charge in [-0.05, 0) is 67.8 Å². The van der Waals surface area contributed by atoms with Crippen molar-refractivity contribution in [2.75, 3.05) is 6.61 Å². The highest BCUT2D eigenvalue weighted by molar-refractivity contribution is 6.30. The van der Waals surface area contributed by atoms with Crippen LogP contribution in [0, 0.1) is 0 Å². The van der Waals surface area contributed by atoms with Crippen molar-refractivity contribution < 1.29 is 9.47 Å². The lowest BCUT2D eigenvalue weighted by Gasteiger charge is -2.49. The molecule has 2 aromatic carbocycles. The molecular weight excluding hydrogens is 372 g/mol. The Balaban J connectivity index is 1.53. The van der Waals surface area contributed by atoms with Crippen LogP contribution in [0.4, 0.5) is 0 Å². The van der Waals surface area contributed by atoms with Crippen LogP contribution in [0.25, 0.3) is 0 Å². The molecule has 0 bridgehead atoms. The van der Waals surface area contributed by atoms with E-state index in [0.29, 0.717) is 6.61 Å². The van der Waals surface area contributed by atoms with Crippen LogP contribution >= 0.6 is 11.6 Å². The second kappa shape index (κ2) is 7.00. The van der Waals surface area contributed by atoms with E-state index in [1.165, 1.54) is 19.3 Å². The van der Waals surface area contributed by atoms with Gasteiger partial charge in [-0.2, -0.15) is 5.10 Å². The highest BCUT2D eigenvalue weighted by atomic mass is 35.5. The third kappa shape index (κ3) is 2.95. The summed E-state index contributed by atoms with van der Waals surface area (Å²) in [6.07, 6.45) is 6.54. The van der Waals surface area contributed by atoms with Gasteiger partial charge in [0, 0.05) is 29.8 Å². The van der Waals surface area contributed by atoms with Crippen molar-refractivity contribution in [2.24, 2.45) is 5.10 Å². The molecule has 2 aliphatic heterocycles. The van der Waals surface area contributed by atoms with Crippen molar-refractivity contribution >= 4 is 17.3 Å². The highest BCUT2D eigenvalue weighted by Gasteiger charge is 2.50. The fraction of sp³-hybridized carbons (Fsp3) is 0.435. The molecule has 1 fully saturated rings. The topological polar surface area (TPSA) is 34.1 Å². The molecule has 5 rings (SSSR count). The monoisotopic (exact) mass is 396 g/mol. The molecule has 28 heavy (non-hydrogen) atoms. The van der Waals surface area contributed by atoms with Gasteiger partial charge < -0.3 is 9.47 Å². The summed E-state index contributed by atoms with van der Waals surface area (Å²) in [6.45, 7) is 2.67. The molecule has 1 atom stereocenters. The zero-order valence-electron chi connectivity index (χ0n) is 16.2. The molecule has 3 aliphatic rings. The summed E-state index contributed by atoms with van der Waals surface area (Å²) in [7, 11) is 0. The number of nitrogens with zero attached hydrogens (tertiary/aromatic N) is 2. The van der Waals surface area contributed by atoms with Gasteiger partial charge in [0.15, 0.2) is 5.72 Å². The molecule has 2 aromatic rings. The Bertz CT molecular complexity index is 903. The van der Waals surface area contributed by atoms with Gasteiger partial charge in [-0.15, -0.1) is 0 Å². The number of ether oxygens (including phenoxy) is 2. The molecule has 1 unspecified atom stereocenters. The molecule has 1 spiro atoms. The van der Waals surface area contributed by atoms with Gasteiger partial charge in [0.2, 0.25) is 0 Å². The summed E-state index contributed by atoms with van der Waals surface area (Å²) in [6, 6.07) is 14.4. The lowest BCUT2D eigenvalue weighted by molar-refractivity contribution is -0.140. The maximum atomic E-state index is 6.60. The van der Waals surface area contributed by atoms with Crippen molar-refractivity contribution in [3.63, 3.8) is 0 Å². The van der Waals surface area contributed by atoms with Crippen LogP contribution in [0.15, 0.2) is 47.6 Å². The second-order valence-corrected chi connectivity index (χ2v) is 8.30. The number of fused-ring (bicyclic) bond motifs is 4. The molecular formula is C23H25ClN2O2. The summed E-state index contributed by atoms with van der Waals surface area (Å²) in [4.78, 5) is 0. The van der Waals surface area contributed by atoms with Gasteiger partial charge in [0.05, 0.1) is 18.4 Å². The Morgan fingerprint density at radius 1 is 1.14 bits per heavy atom. The van der Waals surface area contributed by atoms with Gasteiger partial charge >= 0.3 is 0 Å². The minimum Gasteiger partial charge on any atom is -0.494 e. The maximum Gasteiger partial charge on any atom is 0.198 e. The van der Waals surface area contributed by atoms with E-state index < -0.39 is 0 Å². The Hall–Kier alpha value is -2.20. The first-order valence-corrected chi connectivity index (χ1v) is 10.6. The molecule has 0 aromatic heterocycles. The van der Waals surface area contributed by atoms with Crippen LogP contribution in [0.1, 0.15) is 62.6 Å². The van der Waals surface area contributed by atoms with E-state index in [1.807, 2.05) is 37.3 Å². The summed E-state index contributed by atoms with van der Waals surface area (Å²) in [5, 5.41) is 8.10. The van der Waals surface area contributed by atoms with Crippen molar-refractivity contribution in [2.45, 2.75) is 57.2 Å². The Morgan fingerprint density at radius 3 is 2.68 bits per heavy atom. The Labute approximate surface area is 171 Å². The summed E-state index contributed by atoms with van der Waals surface area (Å²) in [5.74, 6) is 1.86. The van der Waals surface area contributed by atoms with Crippen molar-refractivity contribution in [1.29, 1.82) is 0 Å². The van der Waals surface area contributed by atoms with Gasteiger partial charge in [0.25, 0.3) is 0 Å². The number of hydrogen-bond acceptors (Lipinski definition) is 4. The molecule has 0 amide bonds. The number of benzene rings is 2. The average molecular weight is 397 g/mol. The fourth-order valence-corrected chi connectivity index (χ4v) is 4.95. The predicted molar refractivity (Wildman–Crippen MR) is 111 cm³/mol. The van der Waals surface area contributed by atoms with E-state index in [9.17, 15) is 0 Å². The fourth-order valence-electron chi connectivity index (χ4n) is 4.77. The quantitative estimate of drug-likeness (QED) is 0.643. The lowest BCUT2D eigenvalue weighted by Crippen LogP contribution is -2.54. The number of hydrogen-bond donors (Lipinski definition) is 0. The van der Waals surface area contributed by atoms with E-state index in [0.717, 1.165) is 52.6 Å². The van der Waals surface area contributed by atoms with Gasteiger partial charge in [0.1, 0.15) is 11.5 Å². The van der Waals surface area contributed by atoms with E-state index in [1.54, 1.807) is 0 Å². The highest BCUT2D eigenvalue weighted by Crippen LogP contribution is 2.51. The number of halogens is 1. The molecule has 0 N–H and O–H groups in total. The van der Waals surface area contributed by atoms with E-state index in [-0.39, 0.29) is 11.8 Å². The van der Waals surface area contributed by atoms with Gasteiger partial charge in [-0.3, -0.25) is 0 Å². The van der Waals surface area contributed by atoms with Crippen LogP contribution in [0.5, 0.6) is 11.5 Å². The van der Waals surface area contributed by atoms with Crippen molar-refractivity contribution in [1.82, 2.24) is 5.01 Å². The smallest absolute Gasteiger partial charge is 0.198 e. The first kappa shape index (κ1) is 17.9. The molecule has 1 aliphatic carbocycles. The van der Waals surface area contributed by atoms with Crippen LogP contribution in [-0.4, -0.2) is 23.1 Å². The molecule has 1 saturated carbocycles. The second-order valence-electron chi connectivity index (χ2n) is 7.86. The van der Waals surface area contributed by atoms with E-state index in [4.69, 9.17) is 26.2 Å². The molecule has 0 radical (unpaired) electrons. The zero-order chi connectivity index (χ0) is 19.1. The lowest BCUT2D eigenvalue weighted by atomic mass is 9.86. The Morgan fingerprint density at radius 2 is 1.93 bits per heavy atom. The zero-order valence-corrected chi connectivity index (χ0v) is 16.9. The van der Waals surface area contributed by atoms with Crippen LogP contribution in [0.2, 0.25) is 5.02 Å². The first-order chi connectivity index (χ1) is 13.7. The third-order valence-corrected chi connectivity index (χ3v) is 6.33. The standard InChI is InChI=1S/C23H25ClN2O2/c1-2-27-18-9-6-16(7-10-18)20-15-21-19-14-17(24)8-11-22(19)28-23(26(21)25-20)12-4-3-5-13-23/h6-11,14,21H,2-5,12-13,15H2,1H3. The van der Waals surface area contributed by atoms with Gasteiger partial charge in [-0.25, -0.2) is 5.01 Å². The predicted octanol–water partition coefficient (Wildman–Crippen LogP) is 5.94. The molecule has 5 heteroatoms. The van der Waals surface area contributed by atoms with Gasteiger partial charge in [-0.1, -0.05) is 18.0 Å². The molecule has 2 heterocycles. The van der Waals surface area contributed by atoms with Crippen molar-refractivity contribution in [3.05, 3.63) is 58.6 Å². The van der Waals surface area contributed by atoms with Crippen LogP contribution < -0.4 is 9.47 Å². The SMILES string of the molecule is CCOc1ccc(C2=NN3C(C2)c2cc(Cl)ccc2OC32CCCCC2)cc1. The average Bonchev–Trinajstić information content (AvgIpc) is 3.17. The normalized spacial score (nSPS) is 22.3. The minimum atomic E-state index is -0.323. The minimum absolute atomic E-state index is 0.183.